The molecule has 36 heavy (non-hydrogen) atoms. The number of benzene rings is 2. The molecule has 0 radical (unpaired) electrons. The quantitative estimate of drug-likeness (QED) is 0.421. The number of hydrogen-bond acceptors (Lipinski definition) is 5. The summed E-state index contributed by atoms with van der Waals surface area (Å²) in [6, 6.07) is 10.9. The number of fused-ring (bicyclic) bond motifs is 3. The zero-order valence-corrected chi connectivity index (χ0v) is 20.9. The normalized spacial score (nSPS) is 21.8. The van der Waals surface area contributed by atoms with E-state index >= 15 is 4.39 Å². The zero-order chi connectivity index (χ0) is 24.7. The third-order valence-corrected chi connectivity index (χ3v) is 7.90. The molecule has 3 aromatic rings. The SMILES string of the molecule is CCOc1cc(NC2CN(CCCF)C2)ccc1C1c2ccc3[nH]ncc3c2CCN1CC1(F)CC1. The monoisotopic (exact) mass is 495 g/mol. The molecule has 0 spiro atoms. The summed E-state index contributed by atoms with van der Waals surface area (Å²) in [6.07, 6.45) is 4.68. The maximum absolute atomic E-state index is 15.0. The predicted octanol–water partition coefficient (Wildman–Crippen LogP) is 4.87. The van der Waals surface area contributed by atoms with E-state index in [2.05, 4.69) is 55.6 Å². The van der Waals surface area contributed by atoms with Crippen LogP contribution in [0.2, 0.25) is 0 Å². The van der Waals surface area contributed by atoms with Crippen molar-refractivity contribution >= 4 is 16.6 Å². The molecule has 2 aliphatic heterocycles. The Morgan fingerprint density at radius 1 is 1.19 bits per heavy atom. The highest BCUT2D eigenvalue weighted by atomic mass is 19.1. The number of aromatic amines is 1. The first kappa shape index (κ1) is 23.7. The van der Waals surface area contributed by atoms with E-state index in [0.29, 0.717) is 38.5 Å². The lowest BCUT2D eigenvalue weighted by Crippen LogP contribution is -2.54. The molecule has 0 amide bonds. The molecule has 1 atom stereocenters. The highest BCUT2D eigenvalue weighted by Gasteiger charge is 2.47. The van der Waals surface area contributed by atoms with Crippen molar-refractivity contribution in [3.05, 3.63) is 53.2 Å². The van der Waals surface area contributed by atoms with Crippen LogP contribution in [0.5, 0.6) is 5.75 Å². The summed E-state index contributed by atoms with van der Waals surface area (Å²) in [6.45, 7) is 6.22. The third kappa shape index (κ3) is 4.57. The molecular weight excluding hydrogens is 460 g/mol. The summed E-state index contributed by atoms with van der Waals surface area (Å²) in [4.78, 5) is 4.58. The maximum Gasteiger partial charge on any atom is 0.126 e. The van der Waals surface area contributed by atoms with E-state index < -0.39 is 5.67 Å². The summed E-state index contributed by atoms with van der Waals surface area (Å²) in [5.41, 5.74) is 4.57. The third-order valence-electron chi connectivity index (χ3n) is 7.90. The number of nitrogens with one attached hydrogen (secondary N) is 2. The minimum Gasteiger partial charge on any atom is -0.493 e. The summed E-state index contributed by atoms with van der Waals surface area (Å²) >= 11 is 0. The molecule has 0 bridgehead atoms. The first-order valence-corrected chi connectivity index (χ1v) is 13.3. The van der Waals surface area contributed by atoms with Gasteiger partial charge in [0.15, 0.2) is 0 Å². The van der Waals surface area contributed by atoms with Crippen molar-refractivity contribution in [2.45, 2.75) is 50.4 Å². The van der Waals surface area contributed by atoms with Crippen LogP contribution in [-0.2, 0) is 6.42 Å². The number of nitrogens with zero attached hydrogens (tertiary/aromatic N) is 3. The van der Waals surface area contributed by atoms with Crippen molar-refractivity contribution in [2.75, 3.05) is 51.3 Å². The largest absolute Gasteiger partial charge is 0.493 e. The lowest BCUT2D eigenvalue weighted by atomic mass is 9.85. The van der Waals surface area contributed by atoms with Crippen molar-refractivity contribution in [1.82, 2.24) is 20.0 Å². The Morgan fingerprint density at radius 2 is 2.03 bits per heavy atom. The van der Waals surface area contributed by atoms with Gasteiger partial charge in [0.05, 0.1) is 37.1 Å². The number of likely N-dealkylation sites (tertiary alicyclic amines) is 1. The van der Waals surface area contributed by atoms with Crippen molar-refractivity contribution < 1.29 is 13.5 Å². The standard InChI is InChI=1S/C28H35F2N5O/c1-2-36-26-14-19(32-20-16-34(17-20)12-3-11-29)4-5-23(26)27-22-6-7-25-24(15-31-33-25)21(22)8-13-35(27)18-28(30)9-10-28/h4-7,14-15,20,27,32H,2-3,8-13,16-18H2,1H3,(H,31,33). The molecule has 3 aliphatic rings. The Balaban J connectivity index is 1.31. The molecule has 1 saturated carbocycles. The molecule has 1 aromatic heterocycles. The number of H-pyrrole nitrogens is 1. The smallest absolute Gasteiger partial charge is 0.126 e. The van der Waals surface area contributed by atoms with Gasteiger partial charge in [-0.25, -0.2) is 4.39 Å². The Hall–Kier alpha value is -2.71. The highest BCUT2D eigenvalue weighted by Crippen LogP contribution is 2.47. The number of halogens is 2. The first-order chi connectivity index (χ1) is 17.6. The van der Waals surface area contributed by atoms with E-state index in [1.807, 2.05) is 13.1 Å². The van der Waals surface area contributed by atoms with Gasteiger partial charge in [-0.05, 0) is 55.9 Å². The molecule has 1 aliphatic carbocycles. The van der Waals surface area contributed by atoms with Crippen LogP contribution >= 0.6 is 0 Å². The van der Waals surface area contributed by atoms with Crippen molar-refractivity contribution in [2.24, 2.45) is 0 Å². The lowest BCUT2D eigenvalue weighted by Gasteiger charge is -2.41. The number of anilines is 1. The van der Waals surface area contributed by atoms with Crippen LogP contribution in [0.4, 0.5) is 14.5 Å². The second kappa shape index (κ2) is 9.63. The van der Waals surface area contributed by atoms with Crippen LogP contribution in [-0.4, -0.2) is 77.7 Å². The fraction of sp³-hybridized carbons (Fsp3) is 0.536. The van der Waals surface area contributed by atoms with E-state index in [-0.39, 0.29) is 12.7 Å². The van der Waals surface area contributed by atoms with Gasteiger partial charge in [0.25, 0.3) is 0 Å². The molecule has 1 unspecified atom stereocenters. The fourth-order valence-corrected chi connectivity index (χ4v) is 5.89. The number of rotatable bonds is 10. The number of alkyl halides is 2. The molecule has 3 heterocycles. The number of aromatic nitrogens is 2. The van der Waals surface area contributed by atoms with Gasteiger partial charge < -0.3 is 10.1 Å². The Kier molecular flexibility index (Phi) is 6.33. The van der Waals surface area contributed by atoms with Gasteiger partial charge >= 0.3 is 0 Å². The molecule has 2 N–H and O–H groups in total. The molecule has 2 fully saturated rings. The second-order valence-corrected chi connectivity index (χ2v) is 10.6. The second-order valence-electron chi connectivity index (χ2n) is 10.6. The van der Waals surface area contributed by atoms with Gasteiger partial charge in [-0.2, -0.15) is 5.10 Å². The summed E-state index contributed by atoms with van der Waals surface area (Å²) in [5, 5.41) is 12.1. The van der Waals surface area contributed by atoms with Crippen LogP contribution in [0.3, 0.4) is 0 Å². The van der Waals surface area contributed by atoms with Gasteiger partial charge in [0.1, 0.15) is 11.4 Å². The Bertz CT molecular complexity index is 1220. The maximum atomic E-state index is 15.0. The van der Waals surface area contributed by atoms with Gasteiger partial charge in [-0.1, -0.05) is 12.1 Å². The highest BCUT2D eigenvalue weighted by molar-refractivity contribution is 5.83. The molecule has 1 saturated heterocycles. The summed E-state index contributed by atoms with van der Waals surface area (Å²) in [7, 11) is 0. The van der Waals surface area contributed by atoms with Gasteiger partial charge in [-0.3, -0.25) is 19.3 Å². The fourth-order valence-electron chi connectivity index (χ4n) is 5.89. The summed E-state index contributed by atoms with van der Waals surface area (Å²) in [5.74, 6) is 0.843. The Morgan fingerprint density at radius 3 is 2.81 bits per heavy atom. The average molecular weight is 496 g/mol. The van der Waals surface area contributed by atoms with Gasteiger partial charge in [0, 0.05) is 55.4 Å². The minimum atomic E-state index is -1.07. The zero-order valence-electron chi connectivity index (χ0n) is 20.9. The minimum absolute atomic E-state index is 0.0724. The van der Waals surface area contributed by atoms with Crippen LogP contribution in [0.1, 0.15) is 48.9 Å². The van der Waals surface area contributed by atoms with Crippen LogP contribution in [0, 0.1) is 0 Å². The van der Waals surface area contributed by atoms with Gasteiger partial charge in [0.2, 0.25) is 0 Å². The molecule has 2 aromatic carbocycles. The van der Waals surface area contributed by atoms with E-state index in [1.165, 1.54) is 11.1 Å². The average Bonchev–Trinajstić information content (AvgIpc) is 3.37. The first-order valence-electron chi connectivity index (χ1n) is 13.3. The Labute approximate surface area is 211 Å². The molecule has 6 rings (SSSR count). The van der Waals surface area contributed by atoms with Crippen LogP contribution < -0.4 is 10.1 Å². The molecular formula is C28H35F2N5O. The lowest BCUT2D eigenvalue weighted by molar-refractivity contribution is 0.138. The molecule has 6 nitrogen and oxygen atoms in total. The summed E-state index contributed by atoms with van der Waals surface area (Å²) < 4.78 is 33.7. The van der Waals surface area contributed by atoms with E-state index in [9.17, 15) is 4.39 Å². The van der Waals surface area contributed by atoms with Crippen LogP contribution in [0.25, 0.3) is 10.9 Å². The van der Waals surface area contributed by atoms with Crippen molar-refractivity contribution in [3.63, 3.8) is 0 Å². The molecule has 192 valence electrons. The van der Waals surface area contributed by atoms with Crippen molar-refractivity contribution in [3.8, 4) is 5.75 Å². The van der Waals surface area contributed by atoms with E-state index in [4.69, 9.17) is 4.74 Å². The van der Waals surface area contributed by atoms with Gasteiger partial charge in [-0.15, -0.1) is 0 Å². The molecule has 8 heteroatoms. The van der Waals surface area contributed by atoms with E-state index in [0.717, 1.165) is 60.5 Å². The van der Waals surface area contributed by atoms with Crippen LogP contribution in [0.15, 0.2) is 36.5 Å². The number of ether oxygens (including phenoxy) is 1. The predicted molar refractivity (Wildman–Crippen MR) is 138 cm³/mol. The van der Waals surface area contributed by atoms with Crippen molar-refractivity contribution in [1.29, 1.82) is 0 Å². The topological polar surface area (TPSA) is 56.4 Å². The van der Waals surface area contributed by atoms with E-state index in [1.54, 1.807) is 0 Å². The number of hydrogen-bond donors (Lipinski definition) is 2.